The number of hydrogen-bond donors (Lipinski definition) is 0. The van der Waals surface area contributed by atoms with E-state index in [0.717, 1.165) is 31.7 Å². The minimum absolute atomic E-state index is 0.276. The first-order chi connectivity index (χ1) is 13.9. The Labute approximate surface area is 175 Å². The Hall–Kier alpha value is -2.31. The Morgan fingerprint density at radius 1 is 0.931 bits per heavy atom. The molecule has 2 rings (SSSR count). The Kier molecular flexibility index (Phi) is 9.22. The van der Waals surface area contributed by atoms with Gasteiger partial charge in [0.15, 0.2) is 0 Å². The number of anilines is 1. The molecule has 2 aromatic carbocycles. The van der Waals surface area contributed by atoms with Crippen LogP contribution in [0.3, 0.4) is 0 Å². The van der Waals surface area contributed by atoms with E-state index in [0.29, 0.717) is 12.3 Å². The van der Waals surface area contributed by atoms with E-state index in [-0.39, 0.29) is 4.90 Å². The van der Waals surface area contributed by atoms with E-state index in [2.05, 4.69) is 18.5 Å². The molecule has 5 nitrogen and oxygen atoms in total. The normalized spacial score (nSPS) is 11.4. The summed E-state index contributed by atoms with van der Waals surface area (Å²) >= 11 is 0. The van der Waals surface area contributed by atoms with Crippen molar-refractivity contribution in [3.05, 3.63) is 67.3 Å². The van der Waals surface area contributed by atoms with Crippen LogP contribution in [-0.2, 0) is 10.0 Å². The quantitative estimate of drug-likeness (QED) is 0.355. The molecule has 29 heavy (non-hydrogen) atoms. The fourth-order valence-corrected chi connectivity index (χ4v) is 4.20. The molecule has 0 N–H and O–H groups in total. The number of nitrogens with zero attached hydrogens (tertiary/aromatic N) is 2. The standard InChI is InChI=1S/C23H32N2O3S/c1-4-18-24(2)19-10-5-6-11-20-28-22-16-14-21(15-17-22)25(3)29(26,27)23-12-8-7-9-13-23/h4,7-9,12-17H,1,5-6,10-11,18-20H2,2-3H3. The largest absolute Gasteiger partial charge is 0.494 e. The molecule has 0 fully saturated rings. The first-order valence-electron chi connectivity index (χ1n) is 10.0. The third kappa shape index (κ3) is 7.22. The van der Waals surface area contributed by atoms with Gasteiger partial charge >= 0.3 is 0 Å². The summed E-state index contributed by atoms with van der Waals surface area (Å²) in [6, 6.07) is 15.6. The third-order valence-corrected chi connectivity index (χ3v) is 6.55. The van der Waals surface area contributed by atoms with Crippen LogP contribution >= 0.6 is 0 Å². The predicted molar refractivity (Wildman–Crippen MR) is 120 cm³/mol. The lowest BCUT2D eigenvalue weighted by molar-refractivity contribution is 0.300. The molecule has 0 amide bonds. The van der Waals surface area contributed by atoms with Crippen LogP contribution in [0.1, 0.15) is 25.7 Å². The highest BCUT2D eigenvalue weighted by Crippen LogP contribution is 2.24. The van der Waals surface area contributed by atoms with Crippen molar-refractivity contribution in [2.24, 2.45) is 0 Å². The van der Waals surface area contributed by atoms with Crippen molar-refractivity contribution in [1.29, 1.82) is 0 Å². The van der Waals surface area contributed by atoms with Gasteiger partial charge in [-0.15, -0.1) is 6.58 Å². The van der Waals surface area contributed by atoms with Crippen LogP contribution in [0.2, 0.25) is 0 Å². The third-order valence-electron chi connectivity index (χ3n) is 4.75. The minimum Gasteiger partial charge on any atom is -0.494 e. The first-order valence-corrected chi connectivity index (χ1v) is 11.5. The molecule has 0 saturated carbocycles. The van der Waals surface area contributed by atoms with Crippen LogP contribution in [0.4, 0.5) is 5.69 Å². The SMILES string of the molecule is C=CCN(C)CCCCCCOc1ccc(N(C)S(=O)(=O)c2ccccc2)cc1. The molecule has 0 aliphatic carbocycles. The molecule has 0 saturated heterocycles. The summed E-state index contributed by atoms with van der Waals surface area (Å²) in [5, 5.41) is 0. The van der Waals surface area contributed by atoms with Gasteiger partial charge in [-0.25, -0.2) is 8.42 Å². The van der Waals surface area contributed by atoms with Gasteiger partial charge in [0.2, 0.25) is 0 Å². The number of sulfonamides is 1. The lowest BCUT2D eigenvalue weighted by Gasteiger charge is -2.19. The zero-order valence-corrected chi connectivity index (χ0v) is 18.3. The van der Waals surface area contributed by atoms with Crippen molar-refractivity contribution >= 4 is 15.7 Å². The molecule has 2 aromatic rings. The molecule has 0 bridgehead atoms. The van der Waals surface area contributed by atoms with E-state index >= 15 is 0 Å². The van der Waals surface area contributed by atoms with E-state index in [4.69, 9.17) is 4.74 Å². The molecule has 0 aromatic heterocycles. The average Bonchev–Trinajstić information content (AvgIpc) is 2.74. The average molecular weight is 417 g/mol. The monoisotopic (exact) mass is 416 g/mol. The fourth-order valence-electron chi connectivity index (χ4n) is 2.98. The summed E-state index contributed by atoms with van der Waals surface area (Å²) in [5.74, 6) is 0.755. The van der Waals surface area contributed by atoms with Crippen LogP contribution in [0.15, 0.2) is 72.1 Å². The Morgan fingerprint density at radius 3 is 2.24 bits per heavy atom. The predicted octanol–water partition coefficient (Wildman–Crippen LogP) is 4.57. The summed E-state index contributed by atoms with van der Waals surface area (Å²) in [5.41, 5.74) is 0.602. The van der Waals surface area contributed by atoms with Gasteiger partial charge in [-0.2, -0.15) is 0 Å². The fraction of sp³-hybridized carbons (Fsp3) is 0.391. The number of hydrogen-bond acceptors (Lipinski definition) is 4. The van der Waals surface area contributed by atoms with Gasteiger partial charge in [-0.05, 0) is 62.8 Å². The second kappa shape index (κ2) is 11.6. The van der Waals surface area contributed by atoms with Crippen LogP contribution in [0, 0.1) is 0 Å². The van der Waals surface area contributed by atoms with Gasteiger partial charge in [-0.3, -0.25) is 4.31 Å². The second-order valence-electron chi connectivity index (χ2n) is 7.09. The molecule has 0 aliphatic rings. The molecule has 0 aliphatic heterocycles. The van der Waals surface area contributed by atoms with Crippen molar-refractivity contribution in [1.82, 2.24) is 4.90 Å². The van der Waals surface area contributed by atoms with Crippen molar-refractivity contribution in [3.63, 3.8) is 0 Å². The van der Waals surface area contributed by atoms with Crippen LogP contribution in [0.25, 0.3) is 0 Å². The van der Waals surface area contributed by atoms with Crippen LogP contribution in [0.5, 0.6) is 5.75 Å². The van der Waals surface area contributed by atoms with E-state index < -0.39 is 10.0 Å². The molecule has 0 radical (unpaired) electrons. The van der Waals surface area contributed by atoms with Gasteiger partial charge in [0.05, 0.1) is 17.2 Å². The lowest BCUT2D eigenvalue weighted by Crippen LogP contribution is -2.26. The summed E-state index contributed by atoms with van der Waals surface area (Å²) in [6.45, 7) is 6.44. The maximum atomic E-state index is 12.7. The Morgan fingerprint density at radius 2 is 1.59 bits per heavy atom. The van der Waals surface area contributed by atoms with E-state index in [1.165, 1.54) is 17.1 Å². The number of unbranched alkanes of at least 4 members (excludes halogenated alkanes) is 3. The van der Waals surface area contributed by atoms with Gasteiger partial charge in [0.25, 0.3) is 10.0 Å². The zero-order valence-electron chi connectivity index (χ0n) is 17.5. The summed E-state index contributed by atoms with van der Waals surface area (Å²) in [6.07, 6.45) is 6.44. The molecule has 6 heteroatoms. The smallest absolute Gasteiger partial charge is 0.264 e. The highest BCUT2D eigenvalue weighted by molar-refractivity contribution is 7.92. The molecule has 0 atom stereocenters. The highest BCUT2D eigenvalue weighted by atomic mass is 32.2. The highest BCUT2D eigenvalue weighted by Gasteiger charge is 2.20. The van der Waals surface area contributed by atoms with Crippen molar-refractivity contribution in [2.75, 3.05) is 38.1 Å². The molecular weight excluding hydrogens is 384 g/mol. The van der Waals surface area contributed by atoms with E-state index in [9.17, 15) is 8.42 Å². The van der Waals surface area contributed by atoms with E-state index in [1.54, 1.807) is 49.5 Å². The number of ether oxygens (including phenoxy) is 1. The van der Waals surface area contributed by atoms with E-state index in [1.807, 2.05) is 18.2 Å². The van der Waals surface area contributed by atoms with Gasteiger partial charge in [-0.1, -0.05) is 37.1 Å². The molecule has 158 valence electrons. The summed E-state index contributed by atoms with van der Waals surface area (Å²) in [4.78, 5) is 2.54. The van der Waals surface area contributed by atoms with Crippen LogP contribution < -0.4 is 9.04 Å². The van der Waals surface area contributed by atoms with Crippen LogP contribution in [-0.4, -0.2) is 47.1 Å². The maximum Gasteiger partial charge on any atom is 0.264 e. The zero-order chi connectivity index (χ0) is 21.1. The number of likely N-dealkylation sites (N-methyl/N-ethyl adjacent to an activating group) is 1. The summed E-state index contributed by atoms with van der Waals surface area (Å²) < 4.78 is 32.4. The topological polar surface area (TPSA) is 49.9 Å². The lowest BCUT2D eigenvalue weighted by atomic mass is 10.2. The number of benzene rings is 2. The molecular formula is C23H32N2O3S. The van der Waals surface area contributed by atoms with Crippen molar-refractivity contribution in [3.8, 4) is 5.75 Å². The summed E-state index contributed by atoms with van der Waals surface area (Å²) in [7, 11) is 0.107. The molecule has 0 heterocycles. The second-order valence-corrected chi connectivity index (χ2v) is 9.06. The Bertz CT molecular complexity index is 836. The van der Waals surface area contributed by atoms with Gasteiger partial charge in [0, 0.05) is 13.6 Å². The number of rotatable bonds is 13. The van der Waals surface area contributed by atoms with Crippen molar-refractivity contribution < 1.29 is 13.2 Å². The van der Waals surface area contributed by atoms with Gasteiger partial charge < -0.3 is 9.64 Å². The molecule has 0 unspecified atom stereocenters. The van der Waals surface area contributed by atoms with Crippen molar-refractivity contribution in [2.45, 2.75) is 30.6 Å². The van der Waals surface area contributed by atoms with Gasteiger partial charge in [0.1, 0.15) is 5.75 Å². The first kappa shape index (κ1) is 23.0. The minimum atomic E-state index is -3.56. The maximum absolute atomic E-state index is 12.7. The Balaban J connectivity index is 1.75. The molecule has 0 spiro atoms.